The Balaban J connectivity index is 1.96. The fourth-order valence-electron chi connectivity index (χ4n) is 2.68. The smallest absolute Gasteiger partial charge is 0.336 e. The van der Waals surface area contributed by atoms with E-state index < -0.39 is 5.97 Å². The number of carboxylic acid groups (broad SMARTS) is 1. The number of thiazole rings is 1. The van der Waals surface area contributed by atoms with Crippen LogP contribution in [-0.4, -0.2) is 20.5 Å². The van der Waals surface area contributed by atoms with Gasteiger partial charge in [-0.1, -0.05) is 23.5 Å². The highest BCUT2D eigenvalue weighted by Gasteiger charge is 2.15. The number of aromatic nitrogens is 2. The summed E-state index contributed by atoms with van der Waals surface area (Å²) in [4.78, 5) is 16.4. The number of halogens is 1. The predicted molar refractivity (Wildman–Crippen MR) is 87.7 cm³/mol. The maximum atomic E-state index is 13.9. The minimum absolute atomic E-state index is 0.288. The molecule has 1 N–H and O–H groups in total. The second-order valence-electron chi connectivity index (χ2n) is 5.30. The predicted octanol–water partition coefficient (Wildman–Crippen LogP) is 4.36. The average molecular weight is 326 g/mol. The summed E-state index contributed by atoms with van der Waals surface area (Å²) >= 11 is 1.39. The molecule has 2 aromatic heterocycles. The maximum Gasteiger partial charge on any atom is 0.336 e. The van der Waals surface area contributed by atoms with Gasteiger partial charge in [-0.2, -0.15) is 0 Å². The molecule has 0 aliphatic heterocycles. The van der Waals surface area contributed by atoms with Gasteiger partial charge in [-0.05, 0) is 36.8 Å². The molecule has 0 amide bonds. The van der Waals surface area contributed by atoms with Crippen LogP contribution in [0.1, 0.15) is 15.9 Å². The van der Waals surface area contributed by atoms with Crippen molar-refractivity contribution in [3.8, 4) is 11.3 Å². The van der Waals surface area contributed by atoms with Gasteiger partial charge in [-0.25, -0.2) is 14.2 Å². The number of rotatable bonds is 2. The SMILES string of the molecule is Cc1cc2c(cc1C(=O)O)sc1nc(-c3ccccc3F)cn12. The molecule has 114 valence electrons. The van der Waals surface area contributed by atoms with E-state index in [-0.39, 0.29) is 11.4 Å². The Kier molecular flexibility index (Phi) is 2.96. The highest BCUT2D eigenvalue weighted by atomic mass is 32.1. The number of imidazole rings is 1. The van der Waals surface area contributed by atoms with E-state index in [0.29, 0.717) is 21.8 Å². The first-order valence-corrected chi connectivity index (χ1v) is 7.76. The molecule has 4 rings (SSSR count). The van der Waals surface area contributed by atoms with Crippen molar-refractivity contribution in [1.29, 1.82) is 0 Å². The number of hydrogen-bond acceptors (Lipinski definition) is 3. The number of carboxylic acids is 1. The maximum absolute atomic E-state index is 13.9. The monoisotopic (exact) mass is 326 g/mol. The van der Waals surface area contributed by atoms with Gasteiger partial charge in [0.05, 0.1) is 21.5 Å². The Morgan fingerprint density at radius 3 is 2.83 bits per heavy atom. The van der Waals surface area contributed by atoms with Crippen LogP contribution in [0.15, 0.2) is 42.6 Å². The third-order valence-electron chi connectivity index (χ3n) is 3.82. The van der Waals surface area contributed by atoms with Crippen LogP contribution >= 0.6 is 11.3 Å². The molecule has 4 aromatic rings. The number of hydrogen-bond donors (Lipinski definition) is 1. The Hall–Kier alpha value is -2.73. The number of nitrogens with zero attached hydrogens (tertiary/aromatic N) is 2. The lowest BCUT2D eigenvalue weighted by Gasteiger charge is -2.01. The van der Waals surface area contributed by atoms with Crippen LogP contribution in [0.3, 0.4) is 0 Å². The molecule has 4 nitrogen and oxygen atoms in total. The van der Waals surface area contributed by atoms with E-state index in [1.807, 2.05) is 10.5 Å². The van der Waals surface area contributed by atoms with E-state index in [1.165, 1.54) is 17.4 Å². The Labute approximate surface area is 134 Å². The molecule has 2 aromatic carbocycles. The lowest BCUT2D eigenvalue weighted by Crippen LogP contribution is -1.99. The summed E-state index contributed by atoms with van der Waals surface area (Å²) in [6, 6.07) is 10.0. The van der Waals surface area contributed by atoms with Gasteiger partial charge in [0, 0.05) is 11.8 Å². The summed E-state index contributed by atoms with van der Waals surface area (Å²) in [5.74, 6) is -1.26. The molecule has 0 saturated heterocycles. The molecule has 0 bridgehead atoms. The average Bonchev–Trinajstić information content (AvgIpc) is 3.05. The van der Waals surface area contributed by atoms with E-state index in [1.54, 1.807) is 37.4 Å². The number of aromatic carboxylic acids is 1. The molecule has 0 fully saturated rings. The van der Waals surface area contributed by atoms with Gasteiger partial charge in [0.2, 0.25) is 0 Å². The van der Waals surface area contributed by atoms with Gasteiger partial charge in [0.15, 0.2) is 4.96 Å². The van der Waals surface area contributed by atoms with Crippen LogP contribution < -0.4 is 0 Å². The normalized spacial score (nSPS) is 11.4. The van der Waals surface area contributed by atoms with Crippen LogP contribution in [0.25, 0.3) is 26.4 Å². The van der Waals surface area contributed by atoms with Gasteiger partial charge in [-0.15, -0.1) is 0 Å². The van der Waals surface area contributed by atoms with Crippen LogP contribution in [-0.2, 0) is 0 Å². The zero-order valence-electron chi connectivity index (χ0n) is 12.1. The van der Waals surface area contributed by atoms with E-state index in [9.17, 15) is 14.3 Å². The Bertz CT molecular complexity index is 1080. The molecular weight excluding hydrogens is 315 g/mol. The minimum atomic E-state index is -0.942. The summed E-state index contributed by atoms with van der Waals surface area (Å²) < 4.78 is 16.6. The van der Waals surface area contributed by atoms with E-state index in [0.717, 1.165) is 10.2 Å². The zero-order chi connectivity index (χ0) is 16.1. The van der Waals surface area contributed by atoms with Crippen molar-refractivity contribution in [1.82, 2.24) is 9.38 Å². The number of carbonyl (C=O) groups is 1. The lowest BCUT2D eigenvalue weighted by molar-refractivity contribution is 0.0696. The third-order valence-corrected chi connectivity index (χ3v) is 4.84. The summed E-state index contributed by atoms with van der Waals surface area (Å²) in [6.45, 7) is 1.76. The number of benzene rings is 2. The van der Waals surface area contributed by atoms with E-state index in [4.69, 9.17) is 0 Å². The lowest BCUT2D eigenvalue weighted by atomic mass is 10.1. The van der Waals surface area contributed by atoms with Gasteiger partial charge in [0.25, 0.3) is 0 Å². The third kappa shape index (κ3) is 2.10. The molecular formula is C17H11FN2O2S. The number of fused-ring (bicyclic) bond motifs is 3. The van der Waals surface area contributed by atoms with Crippen molar-refractivity contribution in [2.24, 2.45) is 0 Å². The summed E-state index contributed by atoms with van der Waals surface area (Å²) in [5.41, 5.74) is 2.87. The summed E-state index contributed by atoms with van der Waals surface area (Å²) in [6.07, 6.45) is 1.78. The second kappa shape index (κ2) is 4.89. The van der Waals surface area contributed by atoms with Crippen LogP contribution in [0, 0.1) is 12.7 Å². The van der Waals surface area contributed by atoms with Gasteiger partial charge in [-0.3, -0.25) is 4.40 Å². The van der Waals surface area contributed by atoms with E-state index >= 15 is 0 Å². The van der Waals surface area contributed by atoms with Crippen molar-refractivity contribution in [3.63, 3.8) is 0 Å². The van der Waals surface area contributed by atoms with Crippen molar-refractivity contribution in [2.45, 2.75) is 6.92 Å². The van der Waals surface area contributed by atoms with Crippen molar-refractivity contribution in [2.75, 3.05) is 0 Å². The molecule has 2 heterocycles. The largest absolute Gasteiger partial charge is 0.478 e. The molecule has 0 unspecified atom stereocenters. The topological polar surface area (TPSA) is 54.6 Å². The highest BCUT2D eigenvalue weighted by molar-refractivity contribution is 7.23. The molecule has 0 saturated carbocycles. The van der Waals surface area contributed by atoms with Gasteiger partial charge >= 0.3 is 5.97 Å². The Morgan fingerprint density at radius 2 is 2.09 bits per heavy atom. The van der Waals surface area contributed by atoms with Crippen LogP contribution in [0.4, 0.5) is 4.39 Å². The first kappa shape index (κ1) is 13.9. The molecule has 0 spiro atoms. The first-order valence-electron chi connectivity index (χ1n) is 6.95. The van der Waals surface area contributed by atoms with Crippen LogP contribution in [0.2, 0.25) is 0 Å². The summed E-state index contributed by atoms with van der Waals surface area (Å²) in [5, 5.41) is 9.21. The Morgan fingerprint density at radius 1 is 1.30 bits per heavy atom. The molecule has 6 heteroatoms. The summed E-state index contributed by atoms with van der Waals surface area (Å²) in [7, 11) is 0. The van der Waals surface area contributed by atoms with Gasteiger partial charge in [0.1, 0.15) is 5.82 Å². The standard InChI is InChI=1S/C17H11FN2O2S/c1-9-6-14-15(7-11(9)16(21)22)23-17-19-13(8-20(14)17)10-4-2-3-5-12(10)18/h2-8H,1H3,(H,21,22). The van der Waals surface area contributed by atoms with Crippen molar-refractivity contribution in [3.05, 3.63) is 59.5 Å². The number of aryl methyl sites for hydroxylation is 1. The highest BCUT2D eigenvalue weighted by Crippen LogP contribution is 2.32. The quantitative estimate of drug-likeness (QED) is 0.595. The molecule has 23 heavy (non-hydrogen) atoms. The first-order chi connectivity index (χ1) is 11.0. The van der Waals surface area contributed by atoms with Crippen LogP contribution in [0.5, 0.6) is 0 Å². The molecule has 0 aliphatic rings. The van der Waals surface area contributed by atoms with Gasteiger partial charge < -0.3 is 5.11 Å². The molecule has 0 atom stereocenters. The van der Waals surface area contributed by atoms with Crippen molar-refractivity contribution >= 4 is 32.5 Å². The zero-order valence-corrected chi connectivity index (χ0v) is 12.9. The molecule has 0 radical (unpaired) electrons. The minimum Gasteiger partial charge on any atom is -0.478 e. The van der Waals surface area contributed by atoms with E-state index in [2.05, 4.69) is 4.98 Å². The van der Waals surface area contributed by atoms with Crippen molar-refractivity contribution < 1.29 is 14.3 Å². The second-order valence-corrected chi connectivity index (χ2v) is 6.31. The fraction of sp³-hybridized carbons (Fsp3) is 0.0588. The molecule has 0 aliphatic carbocycles. The fourth-order valence-corrected chi connectivity index (χ4v) is 3.71.